The van der Waals surface area contributed by atoms with Crippen LogP contribution in [0.5, 0.6) is 5.75 Å². The molecular formula is C22H23NO4S. The molecule has 0 bridgehead atoms. The zero-order chi connectivity index (χ0) is 20.3. The van der Waals surface area contributed by atoms with E-state index in [-0.39, 0.29) is 12.5 Å². The second kappa shape index (κ2) is 8.44. The molecule has 1 aromatic heterocycles. The van der Waals surface area contributed by atoms with Crippen molar-refractivity contribution in [3.63, 3.8) is 0 Å². The SMILES string of the molecule is CCOC(=O)C1=C(C)N(c2ccc(OCC)cc2)C(=O)/C1=C\c1sccc1C. The topological polar surface area (TPSA) is 55.8 Å². The van der Waals surface area contributed by atoms with Crippen LogP contribution in [-0.4, -0.2) is 25.1 Å². The van der Waals surface area contributed by atoms with Gasteiger partial charge >= 0.3 is 5.97 Å². The second-order valence-electron chi connectivity index (χ2n) is 6.27. The molecule has 28 heavy (non-hydrogen) atoms. The van der Waals surface area contributed by atoms with Gasteiger partial charge in [-0.25, -0.2) is 4.79 Å². The van der Waals surface area contributed by atoms with Crippen molar-refractivity contribution in [2.45, 2.75) is 27.7 Å². The van der Waals surface area contributed by atoms with E-state index >= 15 is 0 Å². The first-order valence-corrected chi connectivity index (χ1v) is 10.1. The van der Waals surface area contributed by atoms with E-state index in [2.05, 4.69) is 0 Å². The van der Waals surface area contributed by atoms with Crippen LogP contribution in [0.15, 0.2) is 52.6 Å². The number of thiophene rings is 1. The molecule has 146 valence electrons. The first-order chi connectivity index (χ1) is 13.5. The van der Waals surface area contributed by atoms with Gasteiger partial charge in [-0.15, -0.1) is 11.3 Å². The predicted molar refractivity (Wildman–Crippen MR) is 111 cm³/mol. The number of benzene rings is 1. The van der Waals surface area contributed by atoms with Gasteiger partial charge < -0.3 is 9.47 Å². The number of carbonyl (C=O) groups excluding carboxylic acids is 2. The Balaban J connectivity index is 2.07. The molecule has 0 N–H and O–H groups in total. The molecule has 0 aliphatic carbocycles. The van der Waals surface area contributed by atoms with Crippen molar-refractivity contribution < 1.29 is 19.1 Å². The minimum Gasteiger partial charge on any atom is -0.494 e. The average molecular weight is 397 g/mol. The highest BCUT2D eigenvalue weighted by atomic mass is 32.1. The second-order valence-corrected chi connectivity index (χ2v) is 7.22. The molecule has 0 spiro atoms. The Hall–Kier alpha value is -2.86. The molecule has 0 radical (unpaired) electrons. The molecule has 0 fully saturated rings. The summed E-state index contributed by atoms with van der Waals surface area (Å²) < 4.78 is 10.7. The quantitative estimate of drug-likeness (QED) is 0.523. The molecule has 0 saturated carbocycles. The lowest BCUT2D eigenvalue weighted by Gasteiger charge is -2.18. The Morgan fingerprint density at radius 3 is 2.39 bits per heavy atom. The zero-order valence-corrected chi connectivity index (χ0v) is 17.3. The van der Waals surface area contributed by atoms with Crippen molar-refractivity contribution in [1.82, 2.24) is 0 Å². The number of allylic oxidation sites excluding steroid dienone is 1. The Labute approximate surface area is 168 Å². The molecule has 6 heteroatoms. The van der Waals surface area contributed by atoms with Crippen LogP contribution in [0.3, 0.4) is 0 Å². The van der Waals surface area contributed by atoms with Crippen molar-refractivity contribution >= 4 is 35.0 Å². The normalized spacial score (nSPS) is 15.5. The van der Waals surface area contributed by atoms with Crippen molar-refractivity contribution in [2.24, 2.45) is 0 Å². The first-order valence-electron chi connectivity index (χ1n) is 9.19. The summed E-state index contributed by atoms with van der Waals surface area (Å²) in [4.78, 5) is 28.4. The van der Waals surface area contributed by atoms with Crippen LogP contribution in [0.2, 0.25) is 0 Å². The molecule has 1 aromatic carbocycles. The number of hydrogen-bond acceptors (Lipinski definition) is 5. The fourth-order valence-electron chi connectivity index (χ4n) is 3.11. The van der Waals surface area contributed by atoms with E-state index in [1.807, 2.05) is 49.6 Å². The van der Waals surface area contributed by atoms with Crippen LogP contribution in [0.4, 0.5) is 5.69 Å². The molecule has 1 aliphatic heterocycles. The highest BCUT2D eigenvalue weighted by molar-refractivity contribution is 7.11. The molecule has 2 aromatic rings. The highest BCUT2D eigenvalue weighted by Crippen LogP contribution is 2.36. The number of ether oxygens (including phenoxy) is 2. The molecule has 1 amide bonds. The van der Waals surface area contributed by atoms with E-state index in [0.717, 1.165) is 16.2 Å². The molecule has 2 heterocycles. The van der Waals surface area contributed by atoms with Gasteiger partial charge in [0.15, 0.2) is 0 Å². The van der Waals surface area contributed by atoms with Gasteiger partial charge in [-0.2, -0.15) is 0 Å². The molecule has 0 saturated heterocycles. The van der Waals surface area contributed by atoms with Crippen LogP contribution in [-0.2, 0) is 14.3 Å². The summed E-state index contributed by atoms with van der Waals surface area (Å²) in [6, 6.07) is 9.24. The van der Waals surface area contributed by atoms with Crippen molar-refractivity contribution in [2.75, 3.05) is 18.1 Å². The van der Waals surface area contributed by atoms with Crippen molar-refractivity contribution in [3.05, 3.63) is 63.0 Å². The molecular weight excluding hydrogens is 374 g/mol. The van der Waals surface area contributed by atoms with E-state index in [4.69, 9.17) is 9.47 Å². The third-order valence-electron chi connectivity index (χ3n) is 4.46. The lowest BCUT2D eigenvalue weighted by atomic mass is 10.1. The standard InChI is InChI=1S/C22H23NO4S/c1-5-26-17-9-7-16(8-10-17)23-15(4)20(22(25)27-6-2)18(21(23)24)13-19-14(3)11-12-28-19/h7-13H,5-6H2,1-4H3/b18-13-. The Kier molecular flexibility index (Phi) is 5.99. The third-order valence-corrected chi connectivity index (χ3v) is 5.43. The van der Waals surface area contributed by atoms with Gasteiger partial charge in [0.2, 0.25) is 0 Å². The number of anilines is 1. The van der Waals surface area contributed by atoms with Gasteiger partial charge in [-0.3, -0.25) is 9.69 Å². The molecule has 0 unspecified atom stereocenters. The molecule has 0 atom stereocenters. The van der Waals surface area contributed by atoms with Gasteiger partial charge in [-0.05, 0) is 75.0 Å². The van der Waals surface area contributed by atoms with Gasteiger partial charge in [0.25, 0.3) is 5.91 Å². The smallest absolute Gasteiger partial charge is 0.340 e. The van der Waals surface area contributed by atoms with E-state index in [1.165, 1.54) is 11.3 Å². The maximum Gasteiger partial charge on any atom is 0.340 e. The number of hydrogen-bond donors (Lipinski definition) is 0. The van der Waals surface area contributed by atoms with Crippen LogP contribution < -0.4 is 9.64 Å². The van der Waals surface area contributed by atoms with E-state index < -0.39 is 5.97 Å². The average Bonchev–Trinajstić information content (AvgIpc) is 3.18. The highest BCUT2D eigenvalue weighted by Gasteiger charge is 2.38. The maximum atomic E-state index is 13.3. The Morgan fingerprint density at radius 2 is 1.82 bits per heavy atom. The summed E-state index contributed by atoms with van der Waals surface area (Å²) in [7, 11) is 0. The van der Waals surface area contributed by atoms with Gasteiger partial charge in [-0.1, -0.05) is 0 Å². The summed E-state index contributed by atoms with van der Waals surface area (Å²) in [5, 5.41) is 1.96. The van der Waals surface area contributed by atoms with Gasteiger partial charge in [0, 0.05) is 16.3 Å². The predicted octanol–water partition coefficient (Wildman–Crippen LogP) is 4.72. The minimum atomic E-state index is -0.484. The summed E-state index contributed by atoms with van der Waals surface area (Å²) in [6.07, 6.45) is 1.78. The van der Waals surface area contributed by atoms with E-state index in [0.29, 0.717) is 29.1 Å². The Bertz CT molecular complexity index is 953. The van der Waals surface area contributed by atoms with E-state index in [9.17, 15) is 9.59 Å². The number of esters is 1. The molecule has 3 rings (SSSR count). The van der Waals surface area contributed by atoms with Crippen LogP contribution >= 0.6 is 11.3 Å². The first kappa shape index (κ1) is 19.9. The number of amides is 1. The van der Waals surface area contributed by atoms with Gasteiger partial charge in [0.05, 0.1) is 24.4 Å². The van der Waals surface area contributed by atoms with Crippen molar-refractivity contribution in [3.8, 4) is 5.75 Å². The summed E-state index contributed by atoms with van der Waals surface area (Å²) in [5.41, 5.74) is 2.97. The largest absolute Gasteiger partial charge is 0.494 e. The molecule has 5 nitrogen and oxygen atoms in total. The van der Waals surface area contributed by atoms with Crippen molar-refractivity contribution in [1.29, 1.82) is 0 Å². The van der Waals surface area contributed by atoms with E-state index in [1.54, 1.807) is 24.8 Å². The minimum absolute atomic E-state index is 0.238. The number of nitrogens with zero attached hydrogens (tertiary/aromatic N) is 1. The summed E-state index contributed by atoms with van der Waals surface area (Å²) in [5.74, 6) is 0.00915. The monoisotopic (exact) mass is 397 g/mol. The zero-order valence-electron chi connectivity index (χ0n) is 16.4. The number of rotatable bonds is 6. The van der Waals surface area contributed by atoms with Crippen LogP contribution in [0.25, 0.3) is 6.08 Å². The maximum absolute atomic E-state index is 13.3. The molecule has 1 aliphatic rings. The van der Waals surface area contributed by atoms with Gasteiger partial charge in [0.1, 0.15) is 5.75 Å². The van der Waals surface area contributed by atoms with Crippen LogP contribution in [0, 0.1) is 6.92 Å². The van der Waals surface area contributed by atoms with Crippen LogP contribution in [0.1, 0.15) is 31.2 Å². The fourth-order valence-corrected chi connectivity index (χ4v) is 3.97. The lowest BCUT2D eigenvalue weighted by Crippen LogP contribution is -2.24. The summed E-state index contributed by atoms with van der Waals surface area (Å²) >= 11 is 1.53. The lowest BCUT2D eigenvalue weighted by molar-refractivity contribution is -0.138. The third kappa shape index (κ3) is 3.73. The fraction of sp³-hybridized carbons (Fsp3) is 0.273. The summed E-state index contributed by atoms with van der Waals surface area (Å²) in [6.45, 7) is 8.23. The Morgan fingerprint density at radius 1 is 1.11 bits per heavy atom. The number of aryl methyl sites for hydroxylation is 1. The number of carbonyl (C=O) groups is 2.